The molecular weight excluding hydrogens is 220 g/mol. The molecule has 0 saturated heterocycles. The van der Waals surface area contributed by atoms with E-state index in [1.54, 1.807) is 11.1 Å². The molecule has 0 amide bonds. The Morgan fingerprint density at radius 1 is 1.11 bits per heavy atom. The summed E-state index contributed by atoms with van der Waals surface area (Å²) in [5.74, 6) is 1.90. The van der Waals surface area contributed by atoms with Crippen LogP contribution in [0.2, 0.25) is 0 Å². The topological polar surface area (TPSA) is 20.2 Å². The van der Waals surface area contributed by atoms with Crippen LogP contribution in [0.1, 0.15) is 42.4 Å². The minimum Gasteiger partial charge on any atom is -0.396 e. The molecule has 18 heavy (non-hydrogen) atoms. The van der Waals surface area contributed by atoms with Crippen molar-refractivity contribution in [3.05, 3.63) is 34.9 Å². The summed E-state index contributed by atoms with van der Waals surface area (Å²) < 4.78 is 0. The molecule has 1 heteroatoms. The second kappa shape index (κ2) is 3.84. The number of hydrogen-bond donors (Lipinski definition) is 1. The van der Waals surface area contributed by atoms with Crippen LogP contribution in [0, 0.1) is 17.3 Å². The molecule has 0 spiro atoms. The van der Waals surface area contributed by atoms with Gasteiger partial charge >= 0.3 is 0 Å². The Morgan fingerprint density at radius 3 is 2.67 bits per heavy atom. The molecule has 2 saturated carbocycles. The third-order valence-electron chi connectivity index (χ3n) is 5.54. The van der Waals surface area contributed by atoms with Crippen molar-refractivity contribution >= 4 is 0 Å². The average molecular weight is 242 g/mol. The fraction of sp³-hybridized carbons (Fsp3) is 0.647. The molecule has 0 aliphatic heterocycles. The van der Waals surface area contributed by atoms with E-state index in [1.807, 2.05) is 0 Å². The van der Waals surface area contributed by atoms with Gasteiger partial charge in [-0.15, -0.1) is 0 Å². The highest BCUT2D eigenvalue weighted by molar-refractivity contribution is 5.36. The van der Waals surface area contributed by atoms with Gasteiger partial charge in [-0.25, -0.2) is 0 Å². The van der Waals surface area contributed by atoms with Crippen LogP contribution >= 0.6 is 0 Å². The van der Waals surface area contributed by atoms with E-state index in [4.69, 9.17) is 0 Å². The molecule has 3 aliphatic rings. The van der Waals surface area contributed by atoms with Gasteiger partial charge in [0.1, 0.15) is 0 Å². The SMILES string of the molecule is OCC1(Cc2ccc3c(c2)CCC3)CC2CC2C1. The van der Waals surface area contributed by atoms with E-state index in [0.717, 1.165) is 18.3 Å². The zero-order chi connectivity index (χ0) is 12.2. The van der Waals surface area contributed by atoms with Crippen molar-refractivity contribution < 1.29 is 5.11 Å². The Kier molecular flexibility index (Phi) is 2.35. The van der Waals surface area contributed by atoms with E-state index in [-0.39, 0.29) is 5.41 Å². The molecule has 3 aliphatic carbocycles. The zero-order valence-corrected chi connectivity index (χ0v) is 11.0. The van der Waals surface area contributed by atoms with E-state index in [2.05, 4.69) is 18.2 Å². The van der Waals surface area contributed by atoms with Crippen molar-refractivity contribution in [2.45, 2.75) is 44.9 Å². The van der Waals surface area contributed by atoms with Gasteiger partial charge in [0.15, 0.2) is 0 Å². The van der Waals surface area contributed by atoms with Crippen LogP contribution in [-0.4, -0.2) is 11.7 Å². The van der Waals surface area contributed by atoms with Gasteiger partial charge in [-0.1, -0.05) is 18.2 Å². The molecule has 4 rings (SSSR count). The van der Waals surface area contributed by atoms with Crippen molar-refractivity contribution in [1.82, 2.24) is 0 Å². The van der Waals surface area contributed by atoms with Crippen LogP contribution < -0.4 is 0 Å². The first-order valence-corrected chi connectivity index (χ1v) is 7.50. The molecule has 1 aromatic rings. The van der Waals surface area contributed by atoms with E-state index in [1.165, 1.54) is 44.1 Å². The summed E-state index contributed by atoms with van der Waals surface area (Å²) in [6.07, 6.45) is 8.94. The molecule has 1 aromatic carbocycles. The molecule has 1 N–H and O–H groups in total. The van der Waals surface area contributed by atoms with Gasteiger partial charge in [0.05, 0.1) is 0 Å². The normalized spacial score (nSPS) is 36.5. The minimum atomic E-state index is 0.223. The minimum absolute atomic E-state index is 0.223. The summed E-state index contributed by atoms with van der Waals surface area (Å²) in [6.45, 7) is 0.386. The van der Waals surface area contributed by atoms with Gasteiger partial charge in [0.25, 0.3) is 0 Å². The zero-order valence-electron chi connectivity index (χ0n) is 11.0. The quantitative estimate of drug-likeness (QED) is 0.863. The number of fused-ring (bicyclic) bond motifs is 2. The Bertz CT molecular complexity index is 466. The summed E-state index contributed by atoms with van der Waals surface area (Å²) in [6, 6.07) is 7.06. The fourth-order valence-electron chi connectivity index (χ4n) is 4.50. The van der Waals surface area contributed by atoms with Crippen molar-refractivity contribution in [2.75, 3.05) is 6.61 Å². The average Bonchev–Trinajstić information content (AvgIpc) is 2.81. The predicted molar refractivity (Wildman–Crippen MR) is 72.5 cm³/mol. The van der Waals surface area contributed by atoms with E-state index in [0.29, 0.717) is 6.61 Å². The van der Waals surface area contributed by atoms with Gasteiger partial charge < -0.3 is 5.11 Å². The Morgan fingerprint density at radius 2 is 1.89 bits per heavy atom. The molecule has 0 radical (unpaired) electrons. The summed E-state index contributed by atoms with van der Waals surface area (Å²) in [5, 5.41) is 9.81. The number of hydrogen-bond acceptors (Lipinski definition) is 1. The van der Waals surface area contributed by atoms with Gasteiger partial charge in [-0.3, -0.25) is 0 Å². The van der Waals surface area contributed by atoms with Crippen molar-refractivity contribution in [3.63, 3.8) is 0 Å². The van der Waals surface area contributed by atoms with Crippen LogP contribution in [0.5, 0.6) is 0 Å². The molecular formula is C17H22O. The Labute approximate surface area is 109 Å². The summed E-state index contributed by atoms with van der Waals surface area (Å²) in [4.78, 5) is 0. The molecule has 0 heterocycles. The number of aliphatic hydroxyl groups is 1. The van der Waals surface area contributed by atoms with Crippen LogP contribution in [-0.2, 0) is 19.3 Å². The molecule has 0 bridgehead atoms. The number of benzene rings is 1. The van der Waals surface area contributed by atoms with Gasteiger partial charge in [0.2, 0.25) is 0 Å². The van der Waals surface area contributed by atoms with Crippen molar-refractivity contribution in [3.8, 4) is 0 Å². The molecule has 2 atom stereocenters. The van der Waals surface area contributed by atoms with E-state index >= 15 is 0 Å². The Balaban J connectivity index is 1.56. The summed E-state index contributed by atoms with van der Waals surface area (Å²) in [7, 11) is 0. The maximum absolute atomic E-state index is 9.81. The van der Waals surface area contributed by atoms with Crippen molar-refractivity contribution in [1.29, 1.82) is 0 Å². The Hall–Kier alpha value is -0.820. The van der Waals surface area contributed by atoms with Crippen LogP contribution in [0.4, 0.5) is 0 Å². The first-order valence-electron chi connectivity index (χ1n) is 7.50. The molecule has 96 valence electrons. The largest absolute Gasteiger partial charge is 0.396 e. The van der Waals surface area contributed by atoms with E-state index < -0.39 is 0 Å². The number of aliphatic hydroxyl groups excluding tert-OH is 1. The number of rotatable bonds is 3. The lowest BCUT2D eigenvalue weighted by Crippen LogP contribution is -2.26. The lowest BCUT2D eigenvalue weighted by Gasteiger charge is -2.29. The second-order valence-corrected chi connectivity index (χ2v) is 6.96. The first kappa shape index (κ1) is 11.0. The second-order valence-electron chi connectivity index (χ2n) is 6.96. The summed E-state index contributed by atoms with van der Waals surface area (Å²) in [5.41, 5.74) is 4.82. The lowest BCUT2D eigenvalue weighted by molar-refractivity contribution is 0.117. The molecule has 2 fully saturated rings. The maximum Gasteiger partial charge on any atom is 0.0490 e. The van der Waals surface area contributed by atoms with Gasteiger partial charge in [-0.2, -0.15) is 0 Å². The molecule has 1 nitrogen and oxygen atoms in total. The highest BCUT2D eigenvalue weighted by atomic mass is 16.3. The van der Waals surface area contributed by atoms with Crippen LogP contribution in [0.3, 0.4) is 0 Å². The van der Waals surface area contributed by atoms with Gasteiger partial charge in [0, 0.05) is 6.61 Å². The smallest absolute Gasteiger partial charge is 0.0490 e. The maximum atomic E-state index is 9.81. The van der Waals surface area contributed by atoms with Crippen molar-refractivity contribution in [2.24, 2.45) is 17.3 Å². The van der Waals surface area contributed by atoms with Gasteiger partial charge in [-0.05, 0) is 78.9 Å². The van der Waals surface area contributed by atoms with E-state index in [9.17, 15) is 5.11 Å². The third-order valence-corrected chi connectivity index (χ3v) is 5.54. The number of aryl methyl sites for hydroxylation is 2. The lowest BCUT2D eigenvalue weighted by atomic mass is 9.78. The highest BCUT2D eigenvalue weighted by Gasteiger charge is 2.53. The summed E-state index contributed by atoms with van der Waals surface area (Å²) >= 11 is 0. The van der Waals surface area contributed by atoms with Crippen LogP contribution in [0.25, 0.3) is 0 Å². The highest BCUT2D eigenvalue weighted by Crippen LogP contribution is 2.60. The first-order chi connectivity index (χ1) is 8.78. The van der Waals surface area contributed by atoms with Crippen LogP contribution in [0.15, 0.2) is 18.2 Å². The molecule has 0 aromatic heterocycles. The predicted octanol–water partition coefficient (Wildman–Crippen LogP) is 3.13. The fourth-order valence-corrected chi connectivity index (χ4v) is 4.50. The third kappa shape index (κ3) is 1.72. The monoisotopic (exact) mass is 242 g/mol. The standard InChI is InChI=1S/C17H22O/c18-11-17(9-15-7-16(15)10-17)8-12-4-5-13-2-1-3-14(13)6-12/h4-6,15-16,18H,1-3,7-11H2. The molecule has 2 unspecified atom stereocenters.